The lowest BCUT2D eigenvalue weighted by atomic mass is 10.2. The van der Waals surface area contributed by atoms with Crippen LogP contribution in [0.5, 0.6) is 5.75 Å². The second-order valence-corrected chi connectivity index (χ2v) is 7.11. The molecule has 0 spiro atoms. The van der Waals surface area contributed by atoms with Gasteiger partial charge in [0, 0.05) is 10.9 Å². The van der Waals surface area contributed by atoms with Gasteiger partial charge >= 0.3 is 0 Å². The zero-order chi connectivity index (χ0) is 18.9. The first-order valence-electron chi connectivity index (χ1n) is 8.71. The van der Waals surface area contributed by atoms with Gasteiger partial charge in [0.15, 0.2) is 0 Å². The van der Waals surface area contributed by atoms with Crippen LogP contribution in [0.4, 0.5) is 0 Å². The molecule has 7 heteroatoms. The largest absolute Gasteiger partial charge is 0.496 e. The van der Waals surface area contributed by atoms with Gasteiger partial charge in [-0.3, -0.25) is 0 Å². The standard InChI is InChI=1S/C21H15N5OS/c1-27-18-9-5-3-7-15(18)11-13-19-25-26-20(23-24-21(26)28-19)17-12-10-14-6-2-4-8-16(14)22-17/h2-13H,1H3/b13-11+. The van der Waals surface area contributed by atoms with Crippen LogP contribution in [0, 0.1) is 0 Å². The second-order valence-electron chi connectivity index (χ2n) is 6.12. The van der Waals surface area contributed by atoms with Gasteiger partial charge < -0.3 is 4.74 Å². The molecule has 3 heterocycles. The molecule has 136 valence electrons. The number of hydrogen-bond donors (Lipinski definition) is 0. The van der Waals surface area contributed by atoms with Gasteiger partial charge in [-0.15, -0.1) is 10.2 Å². The molecule has 0 aliphatic heterocycles. The Bertz CT molecular complexity index is 1320. The average Bonchev–Trinajstić information content (AvgIpc) is 3.32. The van der Waals surface area contributed by atoms with Crippen molar-refractivity contribution < 1.29 is 4.74 Å². The SMILES string of the molecule is COc1ccccc1/C=C/c1nn2c(-c3ccc4ccccc4n3)nnc2s1. The lowest BCUT2D eigenvalue weighted by Crippen LogP contribution is -1.93. The summed E-state index contributed by atoms with van der Waals surface area (Å²) in [6, 6.07) is 19.8. The molecule has 2 aromatic carbocycles. The number of methoxy groups -OCH3 is 1. The van der Waals surface area contributed by atoms with Crippen molar-refractivity contribution in [3.8, 4) is 17.3 Å². The lowest BCUT2D eigenvalue weighted by Gasteiger charge is -2.02. The average molecular weight is 385 g/mol. The minimum atomic E-state index is 0.633. The van der Waals surface area contributed by atoms with E-state index in [-0.39, 0.29) is 0 Å². The van der Waals surface area contributed by atoms with Gasteiger partial charge in [-0.25, -0.2) is 4.98 Å². The quantitative estimate of drug-likeness (QED) is 0.453. The van der Waals surface area contributed by atoms with E-state index in [0.29, 0.717) is 5.82 Å². The highest BCUT2D eigenvalue weighted by Gasteiger charge is 2.14. The van der Waals surface area contributed by atoms with Gasteiger partial charge in [0.1, 0.15) is 16.5 Å². The first-order chi connectivity index (χ1) is 13.8. The van der Waals surface area contributed by atoms with Crippen molar-refractivity contribution in [2.75, 3.05) is 7.11 Å². The molecule has 0 radical (unpaired) electrons. The summed E-state index contributed by atoms with van der Waals surface area (Å²) in [7, 11) is 1.67. The third kappa shape index (κ3) is 2.91. The number of ether oxygens (including phenoxy) is 1. The molecule has 0 unspecified atom stereocenters. The molecule has 28 heavy (non-hydrogen) atoms. The molecule has 3 aromatic heterocycles. The molecule has 0 N–H and O–H groups in total. The summed E-state index contributed by atoms with van der Waals surface area (Å²) in [5.74, 6) is 1.46. The van der Waals surface area contributed by atoms with E-state index in [1.54, 1.807) is 11.6 Å². The summed E-state index contributed by atoms with van der Waals surface area (Å²) in [4.78, 5) is 5.43. The third-order valence-electron chi connectivity index (χ3n) is 4.38. The molecule has 0 aliphatic carbocycles. The number of nitrogens with zero attached hydrogens (tertiary/aromatic N) is 5. The lowest BCUT2D eigenvalue weighted by molar-refractivity contribution is 0.414. The van der Waals surface area contributed by atoms with Crippen molar-refractivity contribution in [2.24, 2.45) is 0 Å². The van der Waals surface area contributed by atoms with Crippen LogP contribution >= 0.6 is 11.3 Å². The fourth-order valence-corrected chi connectivity index (χ4v) is 3.76. The van der Waals surface area contributed by atoms with Crippen LogP contribution in [0.1, 0.15) is 10.6 Å². The molecule has 0 saturated heterocycles. The van der Waals surface area contributed by atoms with E-state index in [2.05, 4.69) is 15.3 Å². The maximum atomic E-state index is 5.39. The van der Waals surface area contributed by atoms with E-state index in [0.717, 1.165) is 37.9 Å². The van der Waals surface area contributed by atoms with Gasteiger partial charge in [-0.2, -0.15) is 9.61 Å². The van der Waals surface area contributed by atoms with Crippen molar-refractivity contribution in [2.45, 2.75) is 0 Å². The fraction of sp³-hybridized carbons (Fsp3) is 0.0476. The topological polar surface area (TPSA) is 65.2 Å². The predicted molar refractivity (Wildman–Crippen MR) is 111 cm³/mol. The van der Waals surface area contributed by atoms with Crippen molar-refractivity contribution in [1.82, 2.24) is 24.8 Å². The van der Waals surface area contributed by atoms with Gasteiger partial charge in [-0.1, -0.05) is 53.8 Å². The molecule has 0 fully saturated rings. The first kappa shape index (κ1) is 16.6. The highest BCUT2D eigenvalue weighted by molar-refractivity contribution is 7.17. The van der Waals surface area contributed by atoms with E-state index in [1.807, 2.05) is 72.8 Å². The van der Waals surface area contributed by atoms with Gasteiger partial charge in [0.25, 0.3) is 0 Å². The molecule has 5 aromatic rings. The summed E-state index contributed by atoms with van der Waals surface area (Å²) in [6.07, 6.45) is 3.94. The van der Waals surface area contributed by atoms with Crippen molar-refractivity contribution in [3.63, 3.8) is 0 Å². The molecule has 0 amide bonds. The Morgan fingerprint density at radius 3 is 2.71 bits per heavy atom. The van der Waals surface area contributed by atoms with Crippen LogP contribution < -0.4 is 4.74 Å². The Balaban J connectivity index is 1.52. The van der Waals surface area contributed by atoms with E-state index >= 15 is 0 Å². The number of pyridine rings is 1. The Morgan fingerprint density at radius 2 is 1.79 bits per heavy atom. The van der Waals surface area contributed by atoms with Crippen LogP contribution in [0.3, 0.4) is 0 Å². The van der Waals surface area contributed by atoms with Crippen LogP contribution in [0.2, 0.25) is 0 Å². The summed E-state index contributed by atoms with van der Waals surface area (Å²) in [5, 5.41) is 15.1. The molecule has 0 bridgehead atoms. The Hall–Kier alpha value is -3.58. The molecule has 0 aliphatic rings. The highest BCUT2D eigenvalue weighted by Crippen LogP contribution is 2.25. The normalized spacial score (nSPS) is 11.6. The Morgan fingerprint density at radius 1 is 0.929 bits per heavy atom. The number of hydrogen-bond acceptors (Lipinski definition) is 6. The van der Waals surface area contributed by atoms with Crippen molar-refractivity contribution in [3.05, 3.63) is 71.2 Å². The molecule has 0 saturated carbocycles. The van der Waals surface area contributed by atoms with E-state index in [4.69, 9.17) is 9.72 Å². The van der Waals surface area contributed by atoms with Crippen LogP contribution in [0.15, 0.2) is 60.7 Å². The monoisotopic (exact) mass is 385 g/mol. The summed E-state index contributed by atoms with van der Waals surface area (Å²) in [6.45, 7) is 0. The fourth-order valence-electron chi connectivity index (χ4n) is 3.01. The van der Waals surface area contributed by atoms with Gasteiger partial charge in [0.05, 0.1) is 12.6 Å². The van der Waals surface area contributed by atoms with Crippen molar-refractivity contribution >= 4 is 39.4 Å². The maximum absolute atomic E-state index is 5.39. The van der Waals surface area contributed by atoms with E-state index in [9.17, 15) is 0 Å². The molecular formula is C21H15N5OS. The molecule has 5 rings (SSSR count). The Kier molecular flexibility index (Phi) is 4.06. The number of para-hydroxylation sites is 2. The number of rotatable bonds is 4. The first-order valence-corrected chi connectivity index (χ1v) is 9.53. The van der Waals surface area contributed by atoms with Crippen LogP contribution in [-0.2, 0) is 0 Å². The zero-order valence-corrected chi connectivity index (χ0v) is 15.8. The Labute approximate surface area is 164 Å². The number of benzene rings is 2. The van der Waals surface area contributed by atoms with Crippen LogP contribution in [-0.4, -0.2) is 31.9 Å². The predicted octanol–water partition coefficient (Wildman–Crippen LogP) is 4.58. The summed E-state index contributed by atoms with van der Waals surface area (Å²) < 4.78 is 7.13. The van der Waals surface area contributed by atoms with Gasteiger partial charge in [0.2, 0.25) is 10.8 Å². The maximum Gasteiger partial charge on any atom is 0.235 e. The minimum Gasteiger partial charge on any atom is -0.496 e. The minimum absolute atomic E-state index is 0.633. The summed E-state index contributed by atoms with van der Waals surface area (Å²) in [5.41, 5.74) is 2.66. The number of aromatic nitrogens is 5. The van der Waals surface area contributed by atoms with E-state index < -0.39 is 0 Å². The molecule has 6 nitrogen and oxygen atoms in total. The highest BCUT2D eigenvalue weighted by atomic mass is 32.1. The van der Waals surface area contributed by atoms with Gasteiger partial charge in [-0.05, 0) is 30.4 Å². The molecule has 0 atom stereocenters. The van der Waals surface area contributed by atoms with Crippen LogP contribution in [0.25, 0.3) is 39.5 Å². The zero-order valence-electron chi connectivity index (χ0n) is 15.0. The third-order valence-corrected chi connectivity index (χ3v) is 5.24. The van der Waals surface area contributed by atoms with Crippen molar-refractivity contribution in [1.29, 1.82) is 0 Å². The second kappa shape index (κ2) is 6.86. The molecular weight excluding hydrogens is 370 g/mol. The number of fused-ring (bicyclic) bond motifs is 2. The summed E-state index contributed by atoms with van der Waals surface area (Å²) >= 11 is 1.47. The van der Waals surface area contributed by atoms with E-state index in [1.165, 1.54) is 11.3 Å². The smallest absolute Gasteiger partial charge is 0.235 e.